The van der Waals surface area contributed by atoms with E-state index in [2.05, 4.69) is 17.6 Å². The SMILES string of the molecule is CCCCCCCCCCCCNC(=O)C[n+]1cccc(C(=O)NC)c1. The summed E-state index contributed by atoms with van der Waals surface area (Å²) in [6.07, 6.45) is 16.4. The maximum atomic E-state index is 12.0. The number of pyridine rings is 1. The van der Waals surface area contributed by atoms with Crippen molar-refractivity contribution in [1.29, 1.82) is 0 Å². The Morgan fingerprint density at radius 3 is 2.19 bits per heavy atom. The fraction of sp³-hybridized carbons (Fsp3) is 0.667. The Morgan fingerprint density at radius 2 is 1.58 bits per heavy atom. The van der Waals surface area contributed by atoms with Crippen LogP contribution in [-0.4, -0.2) is 25.4 Å². The Balaban J connectivity index is 2.06. The zero-order valence-corrected chi connectivity index (χ0v) is 16.6. The van der Waals surface area contributed by atoms with E-state index in [9.17, 15) is 9.59 Å². The summed E-state index contributed by atoms with van der Waals surface area (Å²) in [6, 6.07) is 3.51. The minimum absolute atomic E-state index is 0.0139. The maximum Gasteiger partial charge on any atom is 0.285 e. The summed E-state index contributed by atoms with van der Waals surface area (Å²) in [5.41, 5.74) is 0.553. The molecule has 0 aliphatic rings. The van der Waals surface area contributed by atoms with Gasteiger partial charge in [0.05, 0.1) is 0 Å². The van der Waals surface area contributed by atoms with Crippen molar-refractivity contribution < 1.29 is 14.2 Å². The Hall–Kier alpha value is -1.91. The highest BCUT2D eigenvalue weighted by atomic mass is 16.2. The molecular weight excluding hydrogens is 326 g/mol. The Kier molecular flexibility index (Phi) is 12.2. The van der Waals surface area contributed by atoms with Gasteiger partial charge in [-0.3, -0.25) is 9.59 Å². The van der Waals surface area contributed by atoms with Gasteiger partial charge in [0.25, 0.3) is 11.8 Å². The predicted molar refractivity (Wildman–Crippen MR) is 105 cm³/mol. The van der Waals surface area contributed by atoms with Gasteiger partial charge >= 0.3 is 0 Å². The molecule has 0 aliphatic heterocycles. The second-order valence-corrected chi connectivity index (χ2v) is 6.88. The van der Waals surface area contributed by atoms with Gasteiger partial charge in [0.15, 0.2) is 12.4 Å². The molecule has 0 fully saturated rings. The summed E-state index contributed by atoms with van der Waals surface area (Å²) < 4.78 is 1.73. The van der Waals surface area contributed by atoms with E-state index in [-0.39, 0.29) is 18.4 Å². The zero-order chi connectivity index (χ0) is 19.0. The van der Waals surface area contributed by atoms with Gasteiger partial charge in [0.2, 0.25) is 6.54 Å². The third-order valence-electron chi connectivity index (χ3n) is 4.53. The summed E-state index contributed by atoms with van der Waals surface area (Å²) in [4.78, 5) is 23.6. The lowest BCUT2D eigenvalue weighted by molar-refractivity contribution is -0.684. The average molecular weight is 363 g/mol. The highest BCUT2D eigenvalue weighted by Gasteiger charge is 2.12. The maximum absolute atomic E-state index is 12.0. The van der Waals surface area contributed by atoms with Crippen LogP contribution in [0.15, 0.2) is 24.5 Å². The van der Waals surface area contributed by atoms with Crippen LogP contribution >= 0.6 is 0 Å². The van der Waals surface area contributed by atoms with Crippen molar-refractivity contribution in [2.24, 2.45) is 0 Å². The molecule has 2 N–H and O–H groups in total. The van der Waals surface area contributed by atoms with Crippen LogP contribution in [0.1, 0.15) is 81.5 Å². The first-order valence-corrected chi connectivity index (χ1v) is 10.1. The molecule has 0 bridgehead atoms. The highest BCUT2D eigenvalue weighted by Crippen LogP contribution is 2.10. The summed E-state index contributed by atoms with van der Waals surface area (Å²) in [5, 5.41) is 5.54. The Bertz CT molecular complexity index is 532. The lowest BCUT2D eigenvalue weighted by Gasteiger charge is -2.04. The first-order chi connectivity index (χ1) is 12.7. The van der Waals surface area contributed by atoms with Crippen molar-refractivity contribution >= 4 is 11.8 Å². The number of unbranched alkanes of at least 4 members (excludes halogenated alkanes) is 9. The number of nitrogens with zero attached hydrogens (tertiary/aromatic N) is 1. The van der Waals surface area contributed by atoms with E-state index in [0.717, 1.165) is 13.0 Å². The second kappa shape index (κ2) is 14.3. The van der Waals surface area contributed by atoms with E-state index in [1.54, 1.807) is 36.1 Å². The molecule has 0 spiro atoms. The van der Waals surface area contributed by atoms with E-state index >= 15 is 0 Å². The van der Waals surface area contributed by atoms with E-state index in [1.165, 1.54) is 57.8 Å². The monoisotopic (exact) mass is 362 g/mol. The van der Waals surface area contributed by atoms with Crippen molar-refractivity contribution in [3.8, 4) is 0 Å². The van der Waals surface area contributed by atoms with Crippen molar-refractivity contribution in [3.63, 3.8) is 0 Å². The second-order valence-electron chi connectivity index (χ2n) is 6.88. The minimum Gasteiger partial charge on any atom is -0.355 e. The number of aromatic nitrogens is 1. The van der Waals surface area contributed by atoms with Crippen molar-refractivity contribution in [2.45, 2.75) is 77.7 Å². The Morgan fingerprint density at radius 1 is 0.962 bits per heavy atom. The summed E-state index contributed by atoms with van der Waals surface area (Å²) in [5.74, 6) is -0.162. The molecule has 5 nitrogen and oxygen atoms in total. The summed E-state index contributed by atoms with van der Waals surface area (Å²) in [7, 11) is 1.60. The highest BCUT2D eigenvalue weighted by molar-refractivity contribution is 5.93. The lowest BCUT2D eigenvalue weighted by Crippen LogP contribution is -2.43. The first-order valence-electron chi connectivity index (χ1n) is 10.1. The molecule has 0 radical (unpaired) electrons. The van der Waals surface area contributed by atoms with Crippen LogP contribution in [0.2, 0.25) is 0 Å². The third kappa shape index (κ3) is 10.2. The molecule has 1 aromatic heterocycles. The standard InChI is InChI=1S/C21H35N3O2/c1-3-4-5-6-7-8-9-10-11-12-15-23-20(25)18-24-16-13-14-19(17-24)21(26)22-2/h13-14,16-17H,3-12,15,18H2,1-2H3,(H-,22,23,25,26)/p+1. The molecular formula is C21H36N3O2+. The molecule has 0 saturated carbocycles. The van der Waals surface area contributed by atoms with E-state index in [0.29, 0.717) is 5.56 Å². The van der Waals surface area contributed by atoms with Crippen LogP contribution < -0.4 is 15.2 Å². The van der Waals surface area contributed by atoms with Crippen LogP contribution in [0, 0.1) is 0 Å². The number of carbonyl (C=O) groups is 2. The van der Waals surface area contributed by atoms with Gasteiger partial charge in [0, 0.05) is 19.7 Å². The number of amides is 2. The fourth-order valence-corrected chi connectivity index (χ4v) is 2.96. The van der Waals surface area contributed by atoms with Crippen molar-refractivity contribution in [2.75, 3.05) is 13.6 Å². The van der Waals surface area contributed by atoms with Crippen molar-refractivity contribution in [3.05, 3.63) is 30.1 Å². The molecule has 0 saturated heterocycles. The molecule has 1 rings (SSSR count). The number of carbonyl (C=O) groups excluding carboxylic acids is 2. The summed E-state index contributed by atoms with van der Waals surface area (Å²) >= 11 is 0. The van der Waals surface area contributed by atoms with Crippen LogP contribution in [0.4, 0.5) is 0 Å². The quantitative estimate of drug-likeness (QED) is 0.394. The smallest absolute Gasteiger partial charge is 0.285 e. The minimum atomic E-state index is -0.148. The number of hydrogen-bond acceptors (Lipinski definition) is 2. The number of hydrogen-bond donors (Lipinski definition) is 2. The molecule has 1 aromatic rings. The zero-order valence-electron chi connectivity index (χ0n) is 16.6. The van der Waals surface area contributed by atoms with Gasteiger partial charge in [-0.1, -0.05) is 64.7 Å². The topological polar surface area (TPSA) is 62.1 Å². The van der Waals surface area contributed by atoms with Gasteiger partial charge in [-0.15, -0.1) is 0 Å². The molecule has 0 aliphatic carbocycles. The number of nitrogens with one attached hydrogen (secondary N) is 2. The van der Waals surface area contributed by atoms with E-state index in [1.807, 2.05) is 0 Å². The van der Waals surface area contributed by atoms with Crippen molar-refractivity contribution in [1.82, 2.24) is 10.6 Å². The fourth-order valence-electron chi connectivity index (χ4n) is 2.96. The molecule has 0 atom stereocenters. The predicted octanol–water partition coefficient (Wildman–Crippen LogP) is 3.37. The third-order valence-corrected chi connectivity index (χ3v) is 4.53. The molecule has 26 heavy (non-hydrogen) atoms. The molecule has 5 heteroatoms. The van der Waals surface area contributed by atoms with E-state index < -0.39 is 0 Å². The largest absolute Gasteiger partial charge is 0.355 e. The molecule has 2 amide bonds. The molecule has 1 heterocycles. The van der Waals surface area contributed by atoms with Crippen LogP contribution in [-0.2, 0) is 11.3 Å². The molecule has 0 unspecified atom stereocenters. The van der Waals surface area contributed by atoms with Gasteiger partial charge < -0.3 is 10.6 Å². The molecule has 0 aromatic carbocycles. The first kappa shape index (κ1) is 22.1. The average Bonchev–Trinajstić information content (AvgIpc) is 2.65. The Labute approximate surface area is 158 Å². The van der Waals surface area contributed by atoms with Gasteiger partial charge in [-0.05, 0) is 12.5 Å². The summed E-state index contributed by atoms with van der Waals surface area (Å²) in [6.45, 7) is 3.22. The van der Waals surface area contributed by atoms with Crippen LogP contribution in [0.5, 0.6) is 0 Å². The van der Waals surface area contributed by atoms with Gasteiger partial charge in [-0.2, -0.15) is 4.57 Å². The lowest BCUT2D eigenvalue weighted by atomic mass is 10.1. The van der Waals surface area contributed by atoms with Gasteiger partial charge in [0.1, 0.15) is 5.56 Å². The number of rotatable bonds is 14. The van der Waals surface area contributed by atoms with Crippen LogP contribution in [0.3, 0.4) is 0 Å². The van der Waals surface area contributed by atoms with Gasteiger partial charge in [-0.25, -0.2) is 0 Å². The van der Waals surface area contributed by atoms with Crippen LogP contribution in [0.25, 0.3) is 0 Å². The normalized spacial score (nSPS) is 10.5. The molecule has 146 valence electrons. The van der Waals surface area contributed by atoms with E-state index in [4.69, 9.17) is 0 Å².